The molecule has 5 heteroatoms. The lowest BCUT2D eigenvalue weighted by atomic mass is 10.1. The number of furan rings is 1. The van der Waals surface area contributed by atoms with Gasteiger partial charge in [-0.05, 0) is 48.9 Å². The summed E-state index contributed by atoms with van der Waals surface area (Å²) in [5.41, 5.74) is 4.14. The van der Waals surface area contributed by atoms with E-state index in [-0.39, 0.29) is 5.91 Å². The summed E-state index contributed by atoms with van der Waals surface area (Å²) in [5.74, 6) is 0.395. The average molecular weight is 413 g/mol. The Morgan fingerprint density at radius 3 is 2.63 bits per heavy atom. The third-order valence-corrected chi connectivity index (χ3v) is 5.56. The molecule has 0 fully saturated rings. The molecule has 0 saturated heterocycles. The summed E-state index contributed by atoms with van der Waals surface area (Å²) in [6.07, 6.45) is 0. The minimum atomic E-state index is -0.226. The molecule has 3 aromatic carbocycles. The smallest absolute Gasteiger partial charge is 0.256 e. The zero-order valence-electron chi connectivity index (χ0n) is 16.1. The van der Waals surface area contributed by atoms with Gasteiger partial charge < -0.3 is 9.73 Å². The van der Waals surface area contributed by atoms with Gasteiger partial charge in [0, 0.05) is 21.5 Å². The molecule has 0 aliphatic carbocycles. The second kappa shape index (κ2) is 7.32. The van der Waals surface area contributed by atoms with Crippen molar-refractivity contribution in [3.63, 3.8) is 0 Å². The Morgan fingerprint density at radius 1 is 0.967 bits per heavy atom. The van der Waals surface area contributed by atoms with Crippen molar-refractivity contribution in [1.29, 1.82) is 0 Å². The highest BCUT2D eigenvalue weighted by molar-refractivity contribution is 6.31. The van der Waals surface area contributed by atoms with Crippen molar-refractivity contribution in [3.8, 4) is 11.5 Å². The van der Waals surface area contributed by atoms with Gasteiger partial charge >= 0.3 is 0 Å². The predicted octanol–water partition coefficient (Wildman–Crippen LogP) is 6.86. The number of para-hydroxylation sites is 2. The summed E-state index contributed by atoms with van der Waals surface area (Å²) in [5, 5.41) is 5.35. The standard InChI is InChI=1S/C25H17ClN2O2/c1-15-19(26)9-6-11-20(15)28-25(29)18-14-22(27-21-10-4-3-8-17(18)21)24-13-16-7-2-5-12-23(16)30-24/h2-14H,1H3,(H,28,29). The number of anilines is 1. The lowest BCUT2D eigenvalue weighted by Gasteiger charge is -2.12. The second-order valence-corrected chi connectivity index (χ2v) is 7.49. The topological polar surface area (TPSA) is 55.1 Å². The van der Waals surface area contributed by atoms with Crippen LogP contribution in [0.3, 0.4) is 0 Å². The van der Waals surface area contributed by atoms with E-state index in [2.05, 4.69) is 5.32 Å². The van der Waals surface area contributed by atoms with Crippen LogP contribution in [0.2, 0.25) is 5.02 Å². The van der Waals surface area contributed by atoms with Gasteiger partial charge in [-0.3, -0.25) is 4.79 Å². The number of fused-ring (bicyclic) bond motifs is 2. The molecule has 0 bridgehead atoms. The van der Waals surface area contributed by atoms with Crippen molar-refractivity contribution >= 4 is 45.1 Å². The van der Waals surface area contributed by atoms with E-state index < -0.39 is 0 Å². The number of benzene rings is 3. The van der Waals surface area contributed by atoms with Gasteiger partial charge in [-0.15, -0.1) is 0 Å². The lowest BCUT2D eigenvalue weighted by Crippen LogP contribution is -2.14. The molecule has 0 atom stereocenters. The van der Waals surface area contributed by atoms with Gasteiger partial charge in [0.2, 0.25) is 0 Å². The molecule has 0 saturated carbocycles. The number of halogens is 1. The second-order valence-electron chi connectivity index (χ2n) is 7.09. The highest BCUT2D eigenvalue weighted by atomic mass is 35.5. The molecular weight excluding hydrogens is 396 g/mol. The Balaban J connectivity index is 1.63. The highest BCUT2D eigenvalue weighted by Gasteiger charge is 2.17. The molecule has 146 valence electrons. The Labute approximate surface area is 178 Å². The van der Waals surface area contributed by atoms with Crippen LogP contribution in [0.4, 0.5) is 5.69 Å². The van der Waals surface area contributed by atoms with E-state index in [0.717, 1.165) is 27.4 Å². The number of rotatable bonds is 3. The zero-order valence-corrected chi connectivity index (χ0v) is 16.9. The molecule has 5 rings (SSSR count). The molecule has 0 unspecified atom stereocenters. The fraction of sp³-hybridized carbons (Fsp3) is 0.0400. The van der Waals surface area contributed by atoms with Crippen LogP contribution >= 0.6 is 11.6 Å². The first-order chi connectivity index (χ1) is 14.6. The number of nitrogens with zero attached hydrogens (tertiary/aromatic N) is 1. The van der Waals surface area contributed by atoms with E-state index in [4.69, 9.17) is 21.0 Å². The van der Waals surface area contributed by atoms with Crippen LogP contribution in [0, 0.1) is 6.92 Å². The Morgan fingerprint density at radius 2 is 1.77 bits per heavy atom. The van der Waals surface area contributed by atoms with Crippen LogP contribution in [0.1, 0.15) is 15.9 Å². The third kappa shape index (κ3) is 3.21. The quantitative estimate of drug-likeness (QED) is 0.352. The largest absolute Gasteiger partial charge is 0.454 e. The summed E-state index contributed by atoms with van der Waals surface area (Å²) in [4.78, 5) is 18.0. The van der Waals surface area contributed by atoms with Crippen molar-refractivity contribution < 1.29 is 9.21 Å². The van der Waals surface area contributed by atoms with Gasteiger partial charge in [0.05, 0.1) is 11.1 Å². The van der Waals surface area contributed by atoms with Crippen molar-refractivity contribution in [2.24, 2.45) is 0 Å². The summed E-state index contributed by atoms with van der Waals surface area (Å²) < 4.78 is 5.98. The number of aromatic nitrogens is 1. The summed E-state index contributed by atoms with van der Waals surface area (Å²) >= 11 is 6.21. The minimum absolute atomic E-state index is 0.226. The molecule has 0 spiro atoms. The Kier molecular flexibility index (Phi) is 4.49. The zero-order chi connectivity index (χ0) is 20.7. The number of pyridine rings is 1. The molecule has 2 heterocycles. The van der Waals surface area contributed by atoms with Crippen LogP contribution in [0.25, 0.3) is 33.3 Å². The highest BCUT2D eigenvalue weighted by Crippen LogP contribution is 2.30. The number of carbonyl (C=O) groups excluding carboxylic acids is 1. The first-order valence-corrected chi connectivity index (χ1v) is 9.93. The summed E-state index contributed by atoms with van der Waals surface area (Å²) in [6.45, 7) is 1.88. The first-order valence-electron chi connectivity index (χ1n) is 9.55. The average Bonchev–Trinajstić information content (AvgIpc) is 3.20. The first kappa shape index (κ1) is 18.4. The van der Waals surface area contributed by atoms with Crippen LogP contribution in [-0.4, -0.2) is 10.9 Å². The van der Waals surface area contributed by atoms with E-state index in [1.54, 1.807) is 12.1 Å². The predicted molar refractivity (Wildman–Crippen MR) is 121 cm³/mol. The SMILES string of the molecule is Cc1c(Cl)cccc1NC(=O)c1cc(-c2cc3ccccc3o2)nc2ccccc12. The van der Waals surface area contributed by atoms with Crippen LogP contribution in [0.15, 0.2) is 83.3 Å². The van der Waals surface area contributed by atoms with E-state index >= 15 is 0 Å². The number of nitrogens with one attached hydrogen (secondary N) is 1. The molecular formula is C25H17ClN2O2. The maximum atomic E-state index is 13.2. The van der Waals surface area contributed by atoms with Gasteiger partial charge in [-0.2, -0.15) is 0 Å². The monoisotopic (exact) mass is 412 g/mol. The molecule has 30 heavy (non-hydrogen) atoms. The Hall–Kier alpha value is -3.63. The third-order valence-electron chi connectivity index (χ3n) is 5.15. The maximum Gasteiger partial charge on any atom is 0.256 e. The van der Waals surface area contributed by atoms with Crippen LogP contribution in [-0.2, 0) is 0 Å². The van der Waals surface area contributed by atoms with Crippen molar-refractivity contribution in [2.75, 3.05) is 5.32 Å². The Bertz CT molecular complexity index is 1390. The molecule has 4 nitrogen and oxygen atoms in total. The van der Waals surface area contributed by atoms with Crippen molar-refractivity contribution in [1.82, 2.24) is 4.98 Å². The number of carbonyl (C=O) groups is 1. The van der Waals surface area contributed by atoms with Gasteiger partial charge in [-0.1, -0.05) is 54.1 Å². The molecule has 2 aromatic heterocycles. The van der Waals surface area contributed by atoms with Crippen molar-refractivity contribution in [3.05, 3.63) is 95.0 Å². The van der Waals surface area contributed by atoms with E-state index in [1.807, 2.05) is 73.7 Å². The fourth-order valence-electron chi connectivity index (χ4n) is 3.53. The van der Waals surface area contributed by atoms with E-state index in [0.29, 0.717) is 27.7 Å². The van der Waals surface area contributed by atoms with Crippen LogP contribution in [0.5, 0.6) is 0 Å². The number of hydrogen-bond acceptors (Lipinski definition) is 3. The number of amides is 1. The number of hydrogen-bond donors (Lipinski definition) is 1. The van der Waals surface area contributed by atoms with E-state index in [9.17, 15) is 4.79 Å². The lowest BCUT2D eigenvalue weighted by molar-refractivity contribution is 0.102. The van der Waals surface area contributed by atoms with Gasteiger partial charge in [-0.25, -0.2) is 4.98 Å². The molecule has 0 radical (unpaired) electrons. The summed E-state index contributed by atoms with van der Waals surface area (Å²) in [7, 11) is 0. The maximum absolute atomic E-state index is 13.2. The fourth-order valence-corrected chi connectivity index (χ4v) is 3.70. The molecule has 5 aromatic rings. The van der Waals surface area contributed by atoms with E-state index in [1.165, 1.54) is 0 Å². The molecule has 0 aliphatic rings. The molecule has 0 aliphatic heterocycles. The summed E-state index contributed by atoms with van der Waals surface area (Å²) in [6, 6.07) is 24.5. The normalized spacial score (nSPS) is 11.1. The minimum Gasteiger partial charge on any atom is -0.454 e. The molecule has 1 amide bonds. The van der Waals surface area contributed by atoms with Gasteiger partial charge in [0.15, 0.2) is 5.76 Å². The van der Waals surface area contributed by atoms with Crippen molar-refractivity contribution in [2.45, 2.75) is 6.92 Å². The molecule has 1 N–H and O–H groups in total. The van der Waals surface area contributed by atoms with Gasteiger partial charge in [0.25, 0.3) is 5.91 Å². The van der Waals surface area contributed by atoms with Crippen LogP contribution < -0.4 is 5.32 Å². The van der Waals surface area contributed by atoms with Gasteiger partial charge in [0.1, 0.15) is 11.3 Å².